The lowest BCUT2D eigenvalue weighted by Crippen LogP contribution is -2.35. The molecule has 6 heteroatoms. The van der Waals surface area contributed by atoms with Gasteiger partial charge in [0, 0.05) is 0 Å². The Balaban J connectivity index is 2.85. The zero-order valence-electron chi connectivity index (χ0n) is 5.33. The fourth-order valence-electron chi connectivity index (χ4n) is 0.637. The summed E-state index contributed by atoms with van der Waals surface area (Å²) in [6, 6.07) is 0. The number of nitrogens with two attached hydrogens (primary N) is 1. The standard InChI is InChI=1S/C4H7N3O2S/c1-4(5)3(7(8)9)2-6-10-4/h2,6H,5H2,1H3. The maximum Gasteiger partial charge on any atom is 0.293 e. The molecule has 0 aromatic rings. The zero-order chi connectivity index (χ0) is 7.78. The van der Waals surface area contributed by atoms with E-state index in [-0.39, 0.29) is 5.70 Å². The molecule has 0 spiro atoms. The van der Waals surface area contributed by atoms with E-state index in [9.17, 15) is 10.1 Å². The summed E-state index contributed by atoms with van der Waals surface area (Å²) in [6.45, 7) is 1.59. The third kappa shape index (κ3) is 1.07. The number of hydrogen-bond acceptors (Lipinski definition) is 5. The summed E-state index contributed by atoms with van der Waals surface area (Å²) in [5.41, 5.74) is 5.53. The molecule has 1 heterocycles. The van der Waals surface area contributed by atoms with Crippen molar-refractivity contribution in [2.75, 3.05) is 0 Å². The highest BCUT2D eigenvalue weighted by Gasteiger charge is 2.39. The van der Waals surface area contributed by atoms with Gasteiger partial charge in [0.1, 0.15) is 0 Å². The summed E-state index contributed by atoms with van der Waals surface area (Å²) in [4.78, 5) is 8.84. The van der Waals surface area contributed by atoms with Crippen LogP contribution in [0.4, 0.5) is 0 Å². The van der Waals surface area contributed by atoms with Crippen molar-refractivity contribution >= 4 is 11.9 Å². The van der Waals surface area contributed by atoms with E-state index >= 15 is 0 Å². The Morgan fingerprint density at radius 3 is 2.80 bits per heavy atom. The van der Waals surface area contributed by atoms with Crippen molar-refractivity contribution in [2.24, 2.45) is 5.73 Å². The van der Waals surface area contributed by atoms with Gasteiger partial charge in [0.2, 0.25) is 0 Å². The Labute approximate surface area is 61.9 Å². The highest BCUT2D eigenvalue weighted by atomic mass is 32.2. The first-order valence-electron chi connectivity index (χ1n) is 2.61. The molecule has 0 saturated heterocycles. The van der Waals surface area contributed by atoms with Gasteiger partial charge in [-0.15, -0.1) is 0 Å². The molecular weight excluding hydrogens is 154 g/mol. The topological polar surface area (TPSA) is 81.2 Å². The van der Waals surface area contributed by atoms with Crippen LogP contribution >= 0.6 is 11.9 Å². The molecule has 0 amide bonds. The van der Waals surface area contributed by atoms with Gasteiger partial charge in [-0.05, 0) is 18.9 Å². The van der Waals surface area contributed by atoms with Crippen LogP contribution in [-0.2, 0) is 0 Å². The van der Waals surface area contributed by atoms with Crippen molar-refractivity contribution < 1.29 is 4.92 Å². The first kappa shape index (κ1) is 7.36. The van der Waals surface area contributed by atoms with Gasteiger partial charge in [0.15, 0.2) is 4.87 Å². The highest BCUT2D eigenvalue weighted by Crippen LogP contribution is 2.29. The molecule has 1 aliphatic heterocycles. The number of hydrogen-bond donors (Lipinski definition) is 2. The summed E-state index contributed by atoms with van der Waals surface area (Å²) in [5.74, 6) is 0. The summed E-state index contributed by atoms with van der Waals surface area (Å²) < 4.78 is 2.63. The van der Waals surface area contributed by atoms with E-state index in [2.05, 4.69) is 4.72 Å². The minimum Gasteiger partial charge on any atom is -0.328 e. The average molecular weight is 161 g/mol. The van der Waals surface area contributed by atoms with Gasteiger partial charge in [0.25, 0.3) is 5.70 Å². The Bertz CT molecular complexity index is 201. The lowest BCUT2D eigenvalue weighted by Gasteiger charge is -2.11. The number of rotatable bonds is 1. The molecule has 0 fully saturated rings. The molecule has 1 rings (SSSR count). The maximum atomic E-state index is 10.2. The van der Waals surface area contributed by atoms with Crippen molar-refractivity contribution in [2.45, 2.75) is 11.8 Å². The fourth-order valence-corrected chi connectivity index (χ4v) is 1.29. The van der Waals surface area contributed by atoms with E-state index in [0.29, 0.717) is 0 Å². The number of nitrogens with zero attached hydrogens (tertiary/aromatic N) is 1. The van der Waals surface area contributed by atoms with E-state index in [1.807, 2.05) is 0 Å². The second-order valence-corrected chi connectivity index (χ2v) is 3.40. The molecule has 0 radical (unpaired) electrons. The van der Waals surface area contributed by atoms with Gasteiger partial charge in [-0.2, -0.15) is 0 Å². The van der Waals surface area contributed by atoms with Crippen LogP contribution < -0.4 is 10.5 Å². The average Bonchev–Trinajstić information content (AvgIpc) is 2.08. The molecule has 0 aromatic heterocycles. The monoisotopic (exact) mass is 161 g/mol. The van der Waals surface area contributed by atoms with Gasteiger partial charge in [-0.3, -0.25) is 10.1 Å². The number of nitrogens with one attached hydrogen (secondary N) is 1. The van der Waals surface area contributed by atoms with Crippen molar-refractivity contribution in [1.82, 2.24) is 4.72 Å². The Kier molecular flexibility index (Phi) is 1.57. The van der Waals surface area contributed by atoms with E-state index in [0.717, 1.165) is 11.9 Å². The van der Waals surface area contributed by atoms with Crippen molar-refractivity contribution in [3.05, 3.63) is 22.0 Å². The van der Waals surface area contributed by atoms with Gasteiger partial charge in [0.05, 0.1) is 11.1 Å². The Hall–Kier alpha value is -0.750. The van der Waals surface area contributed by atoms with Gasteiger partial charge in [-0.1, -0.05) is 0 Å². The molecule has 5 nitrogen and oxygen atoms in total. The van der Waals surface area contributed by atoms with Crippen molar-refractivity contribution in [3.8, 4) is 0 Å². The molecule has 1 aliphatic rings. The predicted octanol–water partition coefficient (Wildman–Crippen LogP) is 0.0308. The van der Waals surface area contributed by atoms with E-state index < -0.39 is 9.79 Å². The minimum atomic E-state index is -0.899. The van der Waals surface area contributed by atoms with Crippen LogP contribution in [0.1, 0.15) is 6.92 Å². The van der Waals surface area contributed by atoms with Crippen molar-refractivity contribution in [1.29, 1.82) is 0 Å². The molecule has 1 atom stereocenters. The molecule has 56 valence electrons. The summed E-state index contributed by atoms with van der Waals surface area (Å²) >= 11 is 1.13. The molecular formula is C4H7N3O2S. The number of nitro groups is 1. The van der Waals surface area contributed by atoms with Crippen LogP contribution in [0.5, 0.6) is 0 Å². The summed E-state index contributed by atoms with van der Waals surface area (Å²) in [6.07, 6.45) is 1.31. The second kappa shape index (κ2) is 2.14. The van der Waals surface area contributed by atoms with Gasteiger partial charge < -0.3 is 10.5 Å². The molecule has 0 aliphatic carbocycles. The first-order chi connectivity index (χ1) is 4.54. The fraction of sp³-hybridized carbons (Fsp3) is 0.500. The Morgan fingerprint density at radius 1 is 2.00 bits per heavy atom. The van der Waals surface area contributed by atoms with Crippen LogP contribution in [0.25, 0.3) is 0 Å². The third-order valence-electron chi connectivity index (χ3n) is 1.17. The quantitative estimate of drug-likeness (QED) is 0.322. The predicted molar refractivity (Wildman–Crippen MR) is 38.4 cm³/mol. The van der Waals surface area contributed by atoms with Crippen LogP contribution in [-0.4, -0.2) is 9.79 Å². The van der Waals surface area contributed by atoms with Gasteiger partial charge >= 0.3 is 0 Å². The summed E-state index contributed by atoms with van der Waals surface area (Å²) in [5, 5.41) is 10.2. The molecule has 10 heavy (non-hydrogen) atoms. The van der Waals surface area contributed by atoms with Crippen LogP contribution in [0.2, 0.25) is 0 Å². The van der Waals surface area contributed by atoms with Crippen molar-refractivity contribution in [3.63, 3.8) is 0 Å². The third-order valence-corrected chi connectivity index (χ3v) is 2.04. The molecule has 0 saturated carbocycles. The zero-order valence-corrected chi connectivity index (χ0v) is 6.14. The smallest absolute Gasteiger partial charge is 0.293 e. The highest BCUT2D eigenvalue weighted by molar-refractivity contribution is 7.99. The normalized spacial score (nSPS) is 31.2. The molecule has 0 bridgehead atoms. The molecule has 1 unspecified atom stereocenters. The lowest BCUT2D eigenvalue weighted by molar-refractivity contribution is -0.430. The van der Waals surface area contributed by atoms with Crippen LogP contribution in [0, 0.1) is 10.1 Å². The minimum absolute atomic E-state index is 0.0116. The molecule has 0 aromatic carbocycles. The Morgan fingerprint density at radius 2 is 2.60 bits per heavy atom. The van der Waals surface area contributed by atoms with E-state index in [4.69, 9.17) is 5.73 Å². The SMILES string of the molecule is CC1(N)SNC=C1[N+](=O)[O-]. The van der Waals surface area contributed by atoms with E-state index in [1.165, 1.54) is 6.20 Å². The lowest BCUT2D eigenvalue weighted by atomic mass is 10.3. The van der Waals surface area contributed by atoms with E-state index in [1.54, 1.807) is 6.92 Å². The largest absolute Gasteiger partial charge is 0.328 e. The molecule has 3 N–H and O–H groups in total. The first-order valence-corrected chi connectivity index (χ1v) is 3.43. The van der Waals surface area contributed by atoms with Gasteiger partial charge in [-0.25, -0.2) is 0 Å². The maximum absolute atomic E-state index is 10.2. The van der Waals surface area contributed by atoms with Crippen LogP contribution in [0.15, 0.2) is 11.9 Å². The second-order valence-electron chi connectivity index (χ2n) is 2.11. The van der Waals surface area contributed by atoms with Crippen LogP contribution in [0.3, 0.4) is 0 Å². The summed E-state index contributed by atoms with van der Waals surface area (Å²) in [7, 11) is 0.